The number of hydrogen-bond acceptors (Lipinski definition) is 13. The molecule has 4 aliphatic rings. The molecule has 3 fully saturated rings. The number of aryl methyl sites for hydroxylation is 1. The molecule has 0 saturated carbocycles. The van der Waals surface area contributed by atoms with Crippen LogP contribution in [-0.2, 0) is 38.4 Å². The van der Waals surface area contributed by atoms with Gasteiger partial charge in [-0.3, -0.25) is 43.9 Å². The van der Waals surface area contributed by atoms with Crippen LogP contribution in [0.15, 0.2) is 72.8 Å². The van der Waals surface area contributed by atoms with Crippen LogP contribution in [0.5, 0.6) is 23.0 Å². The number of nitrogens with zero attached hydrogens (tertiary/aromatic N) is 6. The average molecular weight is 986 g/mol. The molecule has 0 bridgehead atoms. The zero-order valence-corrected chi connectivity index (χ0v) is 40.3. The normalized spacial score (nSPS) is 21.5. The summed E-state index contributed by atoms with van der Waals surface area (Å²) in [7, 11) is -0.538. The van der Waals surface area contributed by atoms with Gasteiger partial charge in [-0.1, -0.05) is 18.2 Å². The SMILES string of the molecule is CCOc1cc([C@@H](CS(C)(=O)=O)N2C(=O)c3ccc(N4CCN([C@@H]5CCN(Cc6ccc(Oc7cc8c(cc7F)c([C@@]7(C)CCC(=O)NC7=O)nn8C)cc6)CC5(F)F)CC4)cc3C2=O)ccc1OC. The molecule has 3 saturated heterocycles. The van der Waals surface area contributed by atoms with Crippen LogP contribution in [0.4, 0.5) is 18.9 Å². The van der Waals surface area contributed by atoms with Gasteiger partial charge in [0.2, 0.25) is 11.8 Å². The number of imide groups is 2. The predicted octanol–water partition coefficient (Wildman–Crippen LogP) is 6.02. The van der Waals surface area contributed by atoms with Gasteiger partial charge in [-0.25, -0.2) is 21.6 Å². The molecule has 70 heavy (non-hydrogen) atoms. The molecule has 4 amide bonds. The fourth-order valence-corrected chi connectivity index (χ4v) is 11.1. The summed E-state index contributed by atoms with van der Waals surface area (Å²) < 4.78 is 91.5. The summed E-state index contributed by atoms with van der Waals surface area (Å²) in [6.45, 7) is 5.55. The molecular formula is C50H54F3N7O9S. The molecule has 20 heteroatoms. The van der Waals surface area contributed by atoms with Crippen molar-refractivity contribution in [3.63, 3.8) is 0 Å². The summed E-state index contributed by atoms with van der Waals surface area (Å²) in [5.41, 5.74) is 1.88. The number of likely N-dealkylation sites (tertiary alicyclic amines) is 1. The molecular weight excluding hydrogens is 932 g/mol. The molecule has 5 aromatic rings. The van der Waals surface area contributed by atoms with Gasteiger partial charge in [-0.15, -0.1) is 0 Å². The molecule has 1 N–H and O–H groups in total. The van der Waals surface area contributed by atoms with Crippen molar-refractivity contribution in [3.8, 4) is 23.0 Å². The lowest BCUT2D eigenvalue weighted by Crippen LogP contribution is -2.61. The van der Waals surface area contributed by atoms with Gasteiger partial charge in [0.05, 0.1) is 65.9 Å². The summed E-state index contributed by atoms with van der Waals surface area (Å²) >= 11 is 0. The summed E-state index contributed by atoms with van der Waals surface area (Å²) in [4.78, 5) is 59.1. The third-order valence-corrected chi connectivity index (χ3v) is 14.8. The Morgan fingerprint density at radius 2 is 1.61 bits per heavy atom. The molecule has 4 aliphatic heterocycles. The number of hydrogen-bond donors (Lipinski definition) is 1. The number of nitrogens with one attached hydrogen (secondary N) is 1. The van der Waals surface area contributed by atoms with Crippen molar-refractivity contribution < 1.29 is 55.0 Å². The van der Waals surface area contributed by atoms with E-state index in [1.165, 1.54) is 19.2 Å². The third-order valence-electron chi connectivity index (χ3n) is 13.9. The number of carbonyl (C=O) groups is 4. The second-order valence-electron chi connectivity index (χ2n) is 18.7. The minimum absolute atomic E-state index is 0.0587. The van der Waals surface area contributed by atoms with E-state index in [-0.39, 0.29) is 48.6 Å². The van der Waals surface area contributed by atoms with Gasteiger partial charge in [-0.05, 0) is 86.3 Å². The zero-order valence-electron chi connectivity index (χ0n) is 39.5. The zero-order chi connectivity index (χ0) is 49.9. The topological polar surface area (TPSA) is 173 Å². The number of carbonyl (C=O) groups excluding carboxylic acids is 4. The van der Waals surface area contributed by atoms with Crippen LogP contribution in [0.1, 0.15) is 76.7 Å². The number of aromatic nitrogens is 2. The first-order valence-corrected chi connectivity index (χ1v) is 25.2. The van der Waals surface area contributed by atoms with Crippen LogP contribution in [0, 0.1) is 5.82 Å². The molecule has 0 unspecified atom stereocenters. The Morgan fingerprint density at radius 1 is 0.886 bits per heavy atom. The quantitative estimate of drug-likeness (QED) is 0.128. The molecule has 0 spiro atoms. The Kier molecular flexibility index (Phi) is 12.9. The number of alkyl halides is 2. The van der Waals surface area contributed by atoms with Crippen molar-refractivity contribution in [1.82, 2.24) is 29.8 Å². The van der Waals surface area contributed by atoms with Crippen LogP contribution >= 0.6 is 0 Å². The van der Waals surface area contributed by atoms with Gasteiger partial charge >= 0.3 is 0 Å². The lowest BCUT2D eigenvalue weighted by molar-refractivity contribution is -0.137. The molecule has 1 aromatic heterocycles. The number of piperazine rings is 1. The van der Waals surface area contributed by atoms with E-state index in [0.717, 1.165) is 16.7 Å². The van der Waals surface area contributed by atoms with Crippen molar-refractivity contribution in [1.29, 1.82) is 0 Å². The molecule has 370 valence electrons. The second-order valence-corrected chi connectivity index (χ2v) is 20.9. The monoisotopic (exact) mass is 985 g/mol. The van der Waals surface area contributed by atoms with E-state index in [9.17, 15) is 27.6 Å². The fraction of sp³-hybridized carbons (Fsp3) is 0.420. The van der Waals surface area contributed by atoms with Gasteiger partial charge in [0.1, 0.15) is 15.6 Å². The smallest absolute Gasteiger partial charge is 0.275 e. The molecule has 5 heterocycles. The van der Waals surface area contributed by atoms with Crippen molar-refractivity contribution in [3.05, 3.63) is 107 Å². The largest absolute Gasteiger partial charge is 0.493 e. The number of ether oxygens (including phenoxy) is 3. The number of piperidine rings is 2. The van der Waals surface area contributed by atoms with E-state index < -0.39 is 69.1 Å². The van der Waals surface area contributed by atoms with Gasteiger partial charge in [0.15, 0.2) is 23.1 Å². The Balaban J connectivity index is 0.806. The van der Waals surface area contributed by atoms with Crippen LogP contribution in [0.3, 0.4) is 0 Å². The number of anilines is 1. The van der Waals surface area contributed by atoms with Crippen molar-refractivity contribution >= 4 is 50.1 Å². The molecule has 16 nitrogen and oxygen atoms in total. The van der Waals surface area contributed by atoms with Crippen molar-refractivity contribution in [2.45, 2.75) is 63.1 Å². The molecule has 0 radical (unpaired) electrons. The maximum Gasteiger partial charge on any atom is 0.275 e. The van der Waals surface area contributed by atoms with Gasteiger partial charge in [0.25, 0.3) is 17.7 Å². The standard InChI is InChI=1S/C50H54F3N7O9S/c1-6-68-42-23-31(9-14-40(42)67-4)39(28-70(5,65)66)60-46(62)34-13-10-32(24-35(34)47(60)63)58-19-21-59(22-20-58)43-16-18-57(29-50(43,52)53)27-30-7-11-33(12-8-30)69-41-26-38-36(25-37(41)51)45(55-56(38)3)49(2)17-15-44(61)54-48(49)64/h7-14,23-26,39,43H,6,15-22,27-29H2,1-5H3,(H,54,61,64)/t39-,43-,49-/m1/s1. The van der Waals surface area contributed by atoms with E-state index in [0.29, 0.717) is 84.4 Å². The Hall–Kier alpha value is -6.51. The number of halogens is 3. The van der Waals surface area contributed by atoms with E-state index in [4.69, 9.17) is 14.2 Å². The van der Waals surface area contributed by atoms with Crippen LogP contribution in [0.25, 0.3) is 10.9 Å². The fourth-order valence-electron chi connectivity index (χ4n) is 10.2. The summed E-state index contributed by atoms with van der Waals surface area (Å²) in [6, 6.07) is 17.2. The van der Waals surface area contributed by atoms with Crippen LogP contribution < -0.4 is 24.4 Å². The first-order valence-electron chi connectivity index (χ1n) is 23.1. The lowest BCUT2D eigenvalue weighted by Gasteiger charge is -2.46. The number of methoxy groups -OCH3 is 1. The lowest BCUT2D eigenvalue weighted by atomic mass is 9.77. The van der Waals surface area contributed by atoms with E-state index in [1.54, 1.807) is 91.1 Å². The third kappa shape index (κ3) is 9.31. The van der Waals surface area contributed by atoms with E-state index >= 15 is 13.2 Å². The number of benzene rings is 4. The van der Waals surface area contributed by atoms with Crippen LogP contribution in [0.2, 0.25) is 0 Å². The van der Waals surface area contributed by atoms with Crippen molar-refractivity contribution in [2.24, 2.45) is 7.05 Å². The summed E-state index contributed by atoms with van der Waals surface area (Å²) in [5, 5.41) is 7.33. The van der Waals surface area contributed by atoms with Gasteiger partial charge in [0, 0.05) is 76.1 Å². The Labute approximate surface area is 403 Å². The molecule has 4 aromatic carbocycles. The minimum atomic E-state index is -3.69. The highest BCUT2D eigenvalue weighted by molar-refractivity contribution is 7.90. The molecule has 0 aliphatic carbocycles. The number of sulfone groups is 1. The Morgan fingerprint density at radius 3 is 2.29 bits per heavy atom. The van der Waals surface area contributed by atoms with E-state index in [2.05, 4.69) is 10.4 Å². The number of amides is 4. The molecule has 3 atom stereocenters. The highest BCUT2D eigenvalue weighted by Gasteiger charge is 2.49. The van der Waals surface area contributed by atoms with Crippen LogP contribution in [-0.4, -0.2) is 133 Å². The average Bonchev–Trinajstić information content (AvgIpc) is 3.77. The first kappa shape index (κ1) is 48.5. The highest BCUT2D eigenvalue weighted by Crippen LogP contribution is 2.41. The van der Waals surface area contributed by atoms with Gasteiger partial charge < -0.3 is 19.1 Å². The second kappa shape index (κ2) is 18.7. The molecule has 9 rings (SSSR count). The predicted molar refractivity (Wildman–Crippen MR) is 253 cm³/mol. The summed E-state index contributed by atoms with van der Waals surface area (Å²) in [5.74, 6) is -5.25. The first-order chi connectivity index (χ1) is 33.3. The maximum atomic E-state index is 16.0. The number of fused-ring (bicyclic) bond motifs is 2. The minimum Gasteiger partial charge on any atom is -0.493 e. The van der Waals surface area contributed by atoms with E-state index in [1.807, 2.05) is 9.80 Å². The highest BCUT2D eigenvalue weighted by atomic mass is 32.2. The summed E-state index contributed by atoms with van der Waals surface area (Å²) in [6.07, 6.45) is 1.67. The number of rotatable bonds is 14. The van der Waals surface area contributed by atoms with Gasteiger partial charge in [-0.2, -0.15) is 5.10 Å². The Bertz CT molecular complexity index is 3020. The van der Waals surface area contributed by atoms with Crippen molar-refractivity contribution in [2.75, 3.05) is 69.9 Å². The maximum absolute atomic E-state index is 16.0.